The van der Waals surface area contributed by atoms with Gasteiger partial charge in [-0.05, 0) is 25.5 Å². The van der Waals surface area contributed by atoms with Crippen molar-refractivity contribution in [1.82, 2.24) is 0 Å². The predicted octanol–water partition coefficient (Wildman–Crippen LogP) is 2.46. The van der Waals surface area contributed by atoms with Crippen molar-refractivity contribution < 1.29 is 0 Å². The van der Waals surface area contributed by atoms with Crippen LogP contribution in [0.1, 0.15) is 26.2 Å². The molecular formula is C6H11S. The van der Waals surface area contributed by atoms with Gasteiger partial charge in [-0.2, -0.15) is 11.8 Å². The van der Waals surface area contributed by atoms with Gasteiger partial charge in [0.1, 0.15) is 0 Å². The maximum Gasteiger partial charge on any atom is 0.0275 e. The standard InChI is InChI=1S/C6H11S/c1-6-4-2-3-5-7-6/h2-5H2,1H3. The summed E-state index contributed by atoms with van der Waals surface area (Å²) in [4.78, 5) is 0. The molecule has 41 valence electrons. The van der Waals surface area contributed by atoms with Crippen LogP contribution in [0.5, 0.6) is 0 Å². The van der Waals surface area contributed by atoms with Crippen molar-refractivity contribution >= 4 is 11.8 Å². The molecule has 0 unspecified atom stereocenters. The molecule has 0 amide bonds. The zero-order chi connectivity index (χ0) is 5.11. The summed E-state index contributed by atoms with van der Waals surface area (Å²) in [5.74, 6) is 1.37. The van der Waals surface area contributed by atoms with Gasteiger partial charge < -0.3 is 0 Å². The Hall–Kier alpha value is 0.350. The van der Waals surface area contributed by atoms with Gasteiger partial charge in [-0.1, -0.05) is 6.42 Å². The maximum absolute atomic E-state index is 2.24. The first-order valence-corrected chi connectivity index (χ1v) is 3.83. The molecule has 1 radical (unpaired) electrons. The lowest BCUT2D eigenvalue weighted by atomic mass is 10.2. The Balaban J connectivity index is 2.12. The molecule has 0 nitrogen and oxygen atoms in total. The van der Waals surface area contributed by atoms with E-state index in [1.54, 1.807) is 5.25 Å². The Labute approximate surface area is 49.7 Å². The Kier molecular flexibility index (Phi) is 2.04. The summed E-state index contributed by atoms with van der Waals surface area (Å²) in [5.41, 5.74) is 0. The van der Waals surface area contributed by atoms with Crippen molar-refractivity contribution in [3.05, 3.63) is 5.25 Å². The molecular weight excluding hydrogens is 104 g/mol. The largest absolute Gasteiger partial charge is 0.154 e. The summed E-state index contributed by atoms with van der Waals surface area (Å²) in [7, 11) is 0. The van der Waals surface area contributed by atoms with Gasteiger partial charge in [0.25, 0.3) is 0 Å². The van der Waals surface area contributed by atoms with Crippen molar-refractivity contribution in [2.45, 2.75) is 26.2 Å². The van der Waals surface area contributed by atoms with E-state index in [9.17, 15) is 0 Å². The molecule has 1 fully saturated rings. The molecule has 1 aliphatic heterocycles. The highest BCUT2D eigenvalue weighted by Crippen LogP contribution is 2.30. The lowest BCUT2D eigenvalue weighted by Crippen LogP contribution is -1.95. The molecule has 0 N–H and O–H groups in total. The molecule has 1 aliphatic rings. The SMILES string of the molecule is C[C]1CCCCS1. The van der Waals surface area contributed by atoms with Crippen LogP contribution in [-0.2, 0) is 0 Å². The van der Waals surface area contributed by atoms with Crippen molar-refractivity contribution in [2.75, 3.05) is 5.75 Å². The van der Waals surface area contributed by atoms with E-state index in [0.29, 0.717) is 0 Å². The molecule has 0 aromatic carbocycles. The van der Waals surface area contributed by atoms with Crippen LogP contribution < -0.4 is 0 Å². The van der Waals surface area contributed by atoms with E-state index in [1.165, 1.54) is 25.0 Å². The molecule has 0 saturated carbocycles. The van der Waals surface area contributed by atoms with Crippen LogP contribution in [0.4, 0.5) is 0 Å². The van der Waals surface area contributed by atoms with Crippen molar-refractivity contribution in [1.29, 1.82) is 0 Å². The summed E-state index contributed by atoms with van der Waals surface area (Å²) in [6.45, 7) is 2.24. The van der Waals surface area contributed by atoms with E-state index in [4.69, 9.17) is 0 Å². The van der Waals surface area contributed by atoms with E-state index in [-0.39, 0.29) is 0 Å². The fourth-order valence-electron chi connectivity index (χ4n) is 0.795. The molecule has 0 bridgehead atoms. The van der Waals surface area contributed by atoms with E-state index >= 15 is 0 Å². The Morgan fingerprint density at radius 1 is 1.43 bits per heavy atom. The van der Waals surface area contributed by atoms with Crippen molar-refractivity contribution in [2.24, 2.45) is 0 Å². The minimum absolute atomic E-state index is 1.37. The first-order chi connectivity index (χ1) is 3.39. The number of thioether (sulfide) groups is 1. The van der Waals surface area contributed by atoms with E-state index in [2.05, 4.69) is 6.92 Å². The lowest BCUT2D eigenvalue weighted by molar-refractivity contribution is 0.757. The highest BCUT2D eigenvalue weighted by molar-refractivity contribution is 8.02. The van der Waals surface area contributed by atoms with Gasteiger partial charge in [0, 0.05) is 5.25 Å². The highest BCUT2D eigenvalue weighted by Gasteiger charge is 2.07. The molecule has 1 rings (SSSR count). The summed E-state index contributed by atoms with van der Waals surface area (Å²) in [6, 6.07) is 0. The molecule has 1 heteroatoms. The molecule has 0 aromatic heterocycles. The Bertz CT molecular complexity index is 46.1. The number of hydrogen-bond acceptors (Lipinski definition) is 1. The third-order valence-electron chi connectivity index (χ3n) is 1.27. The third kappa shape index (κ3) is 1.72. The maximum atomic E-state index is 2.24. The molecule has 7 heavy (non-hydrogen) atoms. The van der Waals surface area contributed by atoms with E-state index < -0.39 is 0 Å². The van der Waals surface area contributed by atoms with Crippen molar-refractivity contribution in [3.8, 4) is 0 Å². The van der Waals surface area contributed by atoms with Crippen LogP contribution in [0.25, 0.3) is 0 Å². The van der Waals surface area contributed by atoms with Crippen LogP contribution in [0, 0.1) is 5.25 Å². The van der Waals surface area contributed by atoms with Gasteiger partial charge in [0.05, 0.1) is 0 Å². The van der Waals surface area contributed by atoms with Crippen LogP contribution in [-0.4, -0.2) is 5.75 Å². The fourth-order valence-corrected chi connectivity index (χ4v) is 1.78. The molecule has 0 aromatic rings. The van der Waals surface area contributed by atoms with Crippen LogP contribution in [0.3, 0.4) is 0 Å². The van der Waals surface area contributed by atoms with Crippen molar-refractivity contribution in [3.63, 3.8) is 0 Å². The number of hydrogen-bond donors (Lipinski definition) is 0. The Morgan fingerprint density at radius 2 is 2.29 bits per heavy atom. The minimum atomic E-state index is 1.37. The summed E-state index contributed by atoms with van der Waals surface area (Å²) in [5, 5.41) is 1.63. The second-order valence-corrected chi connectivity index (χ2v) is 3.40. The molecule has 0 aliphatic carbocycles. The van der Waals surface area contributed by atoms with Crippen LogP contribution in [0.2, 0.25) is 0 Å². The zero-order valence-corrected chi connectivity index (χ0v) is 5.55. The first-order valence-electron chi connectivity index (χ1n) is 2.85. The highest BCUT2D eigenvalue weighted by atomic mass is 32.2. The molecule has 0 atom stereocenters. The monoisotopic (exact) mass is 115 g/mol. The smallest absolute Gasteiger partial charge is 0.0275 e. The van der Waals surface area contributed by atoms with Gasteiger partial charge in [-0.3, -0.25) is 0 Å². The lowest BCUT2D eigenvalue weighted by Gasteiger charge is -2.14. The van der Waals surface area contributed by atoms with Crippen LogP contribution in [0.15, 0.2) is 0 Å². The summed E-state index contributed by atoms with van der Waals surface area (Å²) >= 11 is 2.03. The summed E-state index contributed by atoms with van der Waals surface area (Å²) in [6.07, 6.45) is 4.23. The fraction of sp³-hybridized carbons (Fsp3) is 0.833. The first kappa shape index (κ1) is 5.49. The second kappa shape index (κ2) is 2.61. The molecule has 1 saturated heterocycles. The van der Waals surface area contributed by atoms with Gasteiger partial charge in [0.2, 0.25) is 0 Å². The van der Waals surface area contributed by atoms with Gasteiger partial charge in [-0.25, -0.2) is 0 Å². The van der Waals surface area contributed by atoms with E-state index in [1.807, 2.05) is 11.8 Å². The quantitative estimate of drug-likeness (QED) is 0.467. The van der Waals surface area contributed by atoms with E-state index in [0.717, 1.165) is 0 Å². The minimum Gasteiger partial charge on any atom is -0.154 e. The number of rotatable bonds is 0. The average Bonchev–Trinajstić information content (AvgIpc) is 1.69. The van der Waals surface area contributed by atoms with Gasteiger partial charge in [-0.15, -0.1) is 0 Å². The average molecular weight is 115 g/mol. The normalized spacial score (nSPS) is 25.3. The second-order valence-electron chi connectivity index (χ2n) is 2.01. The van der Waals surface area contributed by atoms with Gasteiger partial charge >= 0.3 is 0 Å². The third-order valence-corrected chi connectivity index (χ3v) is 2.46. The molecule has 0 spiro atoms. The Morgan fingerprint density at radius 3 is 2.57 bits per heavy atom. The zero-order valence-electron chi connectivity index (χ0n) is 4.74. The predicted molar refractivity (Wildman–Crippen MR) is 35.2 cm³/mol. The van der Waals surface area contributed by atoms with Gasteiger partial charge in [0.15, 0.2) is 0 Å². The molecule has 1 heterocycles. The summed E-state index contributed by atoms with van der Waals surface area (Å²) < 4.78 is 0. The van der Waals surface area contributed by atoms with Crippen LogP contribution >= 0.6 is 11.8 Å². The topological polar surface area (TPSA) is 0 Å².